The minimum absolute atomic E-state index is 0.0739. The Morgan fingerprint density at radius 1 is 1.80 bits per heavy atom. The predicted octanol–water partition coefficient (Wildman–Crippen LogP) is -0.478. The van der Waals surface area contributed by atoms with E-state index in [0.29, 0.717) is 19.1 Å². The van der Waals surface area contributed by atoms with Gasteiger partial charge in [-0.3, -0.25) is 4.79 Å². The Labute approximate surface area is 88.5 Å². The van der Waals surface area contributed by atoms with Gasteiger partial charge in [0.15, 0.2) is 5.84 Å². The van der Waals surface area contributed by atoms with Crippen LogP contribution in [0.2, 0.25) is 0 Å². The van der Waals surface area contributed by atoms with Crippen LogP contribution in [-0.2, 0) is 9.53 Å². The number of ether oxygens (including phenoxy) is 1. The van der Waals surface area contributed by atoms with E-state index >= 15 is 0 Å². The molecule has 15 heavy (non-hydrogen) atoms. The number of rotatable bonds is 4. The van der Waals surface area contributed by atoms with Crippen molar-refractivity contribution in [3.63, 3.8) is 0 Å². The first-order chi connectivity index (χ1) is 7.15. The zero-order valence-corrected chi connectivity index (χ0v) is 8.77. The van der Waals surface area contributed by atoms with E-state index in [9.17, 15) is 4.79 Å². The van der Waals surface area contributed by atoms with Crippen molar-refractivity contribution >= 4 is 11.7 Å². The summed E-state index contributed by atoms with van der Waals surface area (Å²) in [5, 5.41) is 13.9. The normalized spacial score (nSPS) is 23.8. The highest BCUT2D eigenvalue weighted by atomic mass is 16.5. The van der Waals surface area contributed by atoms with Gasteiger partial charge in [0.1, 0.15) is 0 Å². The highest BCUT2D eigenvalue weighted by molar-refractivity contribution is 6.01. The van der Waals surface area contributed by atoms with Gasteiger partial charge in [-0.15, -0.1) is 0 Å². The standard InChI is InChI=1S/C9H17N3O3/c1-6(8(10)12-14)9(13)11-4-7-2-3-15-5-7/h6-7,14H,2-5H2,1H3,(H2,10,12)(H,11,13). The second kappa shape index (κ2) is 5.55. The minimum atomic E-state index is -0.600. The van der Waals surface area contributed by atoms with E-state index in [0.717, 1.165) is 13.0 Å². The van der Waals surface area contributed by atoms with E-state index in [-0.39, 0.29) is 11.7 Å². The van der Waals surface area contributed by atoms with Crippen LogP contribution in [0.15, 0.2) is 5.16 Å². The van der Waals surface area contributed by atoms with Crippen molar-refractivity contribution < 1.29 is 14.7 Å². The molecule has 0 aromatic rings. The molecule has 2 unspecified atom stereocenters. The molecule has 86 valence electrons. The molecular weight excluding hydrogens is 198 g/mol. The third kappa shape index (κ3) is 3.39. The van der Waals surface area contributed by atoms with Gasteiger partial charge < -0.3 is 21.0 Å². The topological polar surface area (TPSA) is 96.9 Å². The van der Waals surface area contributed by atoms with Gasteiger partial charge in [0.25, 0.3) is 0 Å². The van der Waals surface area contributed by atoms with Gasteiger partial charge in [-0.1, -0.05) is 5.16 Å². The summed E-state index contributed by atoms with van der Waals surface area (Å²) in [7, 11) is 0. The summed E-state index contributed by atoms with van der Waals surface area (Å²) in [6.07, 6.45) is 0.970. The number of carbonyl (C=O) groups excluding carboxylic acids is 1. The van der Waals surface area contributed by atoms with Gasteiger partial charge in [-0.05, 0) is 13.3 Å². The molecule has 1 fully saturated rings. The highest BCUT2D eigenvalue weighted by Gasteiger charge is 2.20. The van der Waals surface area contributed by atoms with Crippen molar-refractivity contribution in [3.05, 3.63) is 0 Å². The number of amides is 1. The number of nitrogens with zero attached hydrogens (tertiary/aromatic N) is 1. The van der Waals surface area contributed by atoms with E-state index in [1.807, 2.05) is 0 Å². The Hall–Kier alpha value is -1.30. The van der Waals surface area contributed by atoms with Crippen LogP contribution in [0.5, 0.6) is 0 Å². The van der Waals surface area contributed by atoms with Crippen LogP contribution in [0.4, 0.5) is 0 Å². The zero-order chi connectivity index (χ0) is 11.3. The van der Waals surface area contributed by atoms with E-state index in [4.69, 9.17) is 15.7 Å². The molecule has 0 bridgehead atoms. The number of nitrogens with two attached hydrogens (primary N) is 1. The Morgan fingerprint density at radius 2 is 2.53 bits per heavy atom. The van der Waals surface area contributed by atoms with Gasteiger partial charge in [-0.25, -0.2) is 0 Å². The number of amidine groups is 1. The first-order valence-corrected chi connectivity index (χ1v) is 4.98. The molecule has 1 heterocycles. The number of hydrogen-bond donors (Lipinski definition) is 3. The van der Waals surface area contributed by atoms with Crippen molar-refractivity contribution in [2.75, 3.05) is 19.8 Å². The van der Waals surface area contributed by atoms with E-state index in [2.05, 4.69) is 10.5 Å². The van der Waals surface area contributed by atoms with Gasteiger partial charge in [0, 0.05) is 19.1 Å². The lowest BCUT2D eigenvalue weighted by Crippen LogP contribution is -2.39. The molecule has 1 aliphatic rings. The summed E-state index contributed by atoms with van der Waals surface area (Å²) in [4.78, 5) is 11.5. The summed E-state index contributed by atoms with van der Waals surface area (Å²) in [5.74, 6) is -0.516. The first-order valence-electron chi connectivity index (χ1n) is 4.98. The highest BCUT2D eigenvalue weighted by Crippen LogP contribution is 2.10. The molecule has 0 spiro atoms. The molecule has 0 saturated carbocycles. The van der Waals surface area contributed by atoms with Crippen molar-refractivity contribution in [3.8, 4) is 0 Å². The number of nitrogens with one attached hydrogen (secondary N) is 1. The van der Waals surface area contributed by atoms with Crippen molar-refractivity contribution in [2.24, 2.45) is 22.7 Å². The summed E-state index contributed by atoms with van der Waals surface area (Å²) in [6.45, 7) is 3.63. The monoisotopic (exact) mass is 215 g/mol. The maximum absolute atomic E-state index is 11.5. The van der Waals surface area contributed by atoms with Crippen LogP contribution in [0.3, 0.4) is 0 Å². The van der Waals surface area contributed by atoms with E-state index in [1.54, 1.807) is 6.92 Å². The van der Waals surface area contributed by atoms with Crippen molar-refractivity contribution in [2.45, 2.75) is 13.3 Å². The lowest BCUT2D eigenvalue weighted by molar-refractivity contribution is -0.122. The van der Waals surface area contributed by atoms with Crippen LogP contribution >= 0.6 is 0 Å². The number of oxime groups is 1. The maximum atomic E-state index is 11.5. The average Bonchev–Trinajstić information content (AvgIpc) is 2.76. The smallest absolute Gasteiger partial charge is 0.230 e. The second-order valence-corrected chi connectivity index (χ2v) is 3.72. The lowest BCUT2D eigenvalue weighted by atomic mass is 10.1. The molecule has 1 saturated heterocycles. The molecule has 1 aliphatic heterocycles. The van der Waals surface area contributed by atoms with Gasteiger partial charge in [-0.2, -0.15) is 0 Å². The molecule has 2 atom stereocenters. The van der Waals surface area contributed by atoms with Crippen LogP contribution < -0.4 is 11.1 Å². The van der Waals surface area contributed by atoms with Crippen LogP contribution in [0, 0.1) is 11.8 Å². The number of hydrogen-bond acceptors (Lipinski definition) is 4. The molecular formula is C9H17N3O3. The summed E-state index contributed by atoms with van der Waals surface area (Å²) >= 11 is 0. The molecule has 1 amide bonds. The Kier molecular flexibility index (Phi) is 4.36. The third-order valence-corrected chi connectivity index (χ3v) is 2.54. The SMILES string of the molecule is CC(C(=O)NCC1CCOC1)C(N)=NO. The molecule has 6 heteroatoms. The van der Waals surface area contributed by atoms with Crippen LogP contribution in [-0.4, -0.2) is 36.7 Å². The first kappa shape index (κ1) is 11.8. The van der Waals surface area contributed by atoms with Crippen molar-refractivity contribution in [1.82, 2.24) is 5.32 Å². The fraction of sp³-hybridized carbons (Fsp3) is 0.778. The fourth-order valence-electron chi connectivity index (χ4n) is 1.36. The van der Waals surface area contributed by atoms with Crippen LogP contribution in [0.1, 0.15) is 13.3 Å². The third-order valence-electron chi connectivity index (χ3n) is 2.54. The van der Waals surface area contributed by atoms with Gasteiger partial charge in [0.05, 0.1) is 12.5 Å². The summed E-state index contributed by atoms with van der Waals surface area (Å²) in [6, 6.07) is 0. The Bertz CT molecular complexity index is 249. The lowest BCUT2D eigenvalue weighted by Gasteiger charge is -2.13. The largest absolute Gasteiger partial charge is 0.409 e. The maximum Gasteiger partial charge on any atom is 0.230 e. The molecule has 4 N–H and O–H groups in total. The van der Waals surface area contributed by atoms with Crippen LogP contribution in [0.25, 0.3) is 0 Å². The minimum Gasteiger partial charge on any atom is -0.409 e. The fourth-order valence-corrected chi connectivity index (χ4v) is 1.36. The Morgan fingerprint density at radius 3 is 3.07 bits per heavy atom. The summed E-state index contributed by atoms with van der Waals surface area (Å²) < 4.78 is 5.18. The Balaban J connectivity index is 2.28. The molecule has 1 rings (SSSR count). The predicted molar refractivity (Wildman–Crippen MR) is 54.5 cm³/mol. The van der Waals surface area contributed by atoms with Gasteiger partial charge >= 0.3 is 0 Å². The molecule has 0 radical (unpaired) electrons. The van der Waals surface area contributed by atoms with E-state index in [1.165, 1.54) is 0 Å². The second-order valence-electron chi connectivity index (χ2n) is 3.72. The molecule has 0 aromatic carbocycles. The quantitative estimate of drug-likeness (QED) is 0.255. The van der Waals surface area contributed by atoms with Gasteiger partial charge in [0.2, 0.25) is 5.91 Å². The van der Waals surface area contributed by atoms with E-state index < -0.39 is 5.92 Å². The number of carbonyl (C=O) groups is 1. The average molecular weight is 215 g/mol. The molecule has 0 aliphatic carbocycles. The van der Waals surface area contributed by atoms with Crippen molar-refractivity contribution in [1.29, 1.82) is 0 Å². The summed E-state index contributed by atoms with van der Waals surface area (Å²) in [5.41, 5.74) is 5.32. The zero-order valence-electron chi connectivity index (χ0n) is 8.77. The molecule has 0 aromatic heterocycles. The molecule has 6 nitrogen and oxygen atoms in total.